The number of esters is 1. The lowest BCUT2D eigenvalue weighted by Crippen LogP contribution is -2.55. The molecule has 5 aromatic carbocycles. The number of alkyl carbamates (subject to hydrolysis) is 1. The molecule has 0 fully saturated rings. The maximum Gasteiger partial charge on any atom is 0.407 e. The van der Waals surface area contributed by atoms with E-state index in [0.717, 1.165) is 33.0 Å². The van der Waals surface area contributed by atoms with Gasteiger partial charge in [-0.15, -0.1) is 0 Å². The van der Waals surface area contributed by atoms with E-state index in [9.17, 15) is 24.0 Å². The maximum atomic E-state index is 14.7. The van der Waals surface area contributed by atoms with Gasteiger partial charge in [-0.05, 0) is 83.8 Å². The molecule has 0 saturated heterocycles. The van der Waals surface area contributed by atoms with Crippen molar-refractivity contribution in [2.75, 3.05) is 50.8 Å². The van der Waals surface area contributed by atoms with Crippen molar-refractivity contribution in [3.05, 3.63) is 125 Å². The fraction of sp³-hybridized carbons (Fsp3) is 0.283. The lowest BCUT2D eigenvalue weighted by Gasteiger charge is -2.27. The summed E-state index contributed by atoms with van der Waals surface area (Å²) in [5, 5.41) is 10.0. The number of ether oxygens (including phenoxy) is 3. The van der Waals surface area contributed by atoms with Crippen LogP contribution in [-0.4, -0.2) is 82.8 Å². The molecule has 0 spiro atoms. The van der Waals surface area contributed by atoms with E-state index in [0.29, 0.717) is 34.7 Å². The molecular formula is C46H47N5O8. The number of para-hydroxylation sites is 2. The number of anilines is 2. The number of hydrogen-bond acceptors (Lipinski definition) is 9. The molecule has 5 aromatic rings. The molecule has 304 valence electrons. The van der Waals surface area contributed by atoms with Gasteiger partial charge in [0.15, 0.2) is 0 Å². The molecule has 1 aliphatic carbocycles. The third-order valence-corrected chi connectivity index (χ3v) is 11.1. The Morgan fingerprint density at radius 1 is 0.847 bits per heavy atom. The summed E-state index contributed by atoms with van der Waals surface area (Å²) in [6, 6.07) is 30.4. The highest BCUT2D eigenvalue weighted by molar-refractivity contribution is 6.08. The molecule has 0 radical (unpaired) electrons. The van der Waals surface area contributed by atoms with Gasteiger partial charge in [-0.1, -0.05) is 72.8 Å². The Morgan fingerprint density at radius 2 is 1.53 bits per heavy atom. The zero-order chi connectivity index (χ0) is 41.6. The van der Waals surface area contributed by atoms with Gasteiger partial charge in [0.25, 0.3) is 5.91 Å². The van der Waals surface area contributed by atoms with E-state index in [2.05, 4.69) is 40.2 Å². The van der Waals surface area contributed by atoms with Crippen molar-refractivity contribution < 1.29 is 38.2 Å². The summed E-state index contributed by atoms with van der Waals surface area (Å²) in [5.41, 5.74) is 6.49. The summed E-state index contributed by atoms with van der Waals surface area (Å²) < 4.78 is 16.4. The molecule has 7 rings (SSSR count). The van der Waals surface area contributed by atoms with E-state index in [4.69, 9.17) is 14.2 Å². The van der Waals surface area contributed by atoms with E-state index in [1.165, 1.54) is 19.1 Å². The third kappa shape index (κ3) is 8.33. The molecule has 2 aliphatic rings. The molecule has 13 nitrogen and oxygen atoms in total. The Morgan fingerprint density at radius 3 is 2.20 bits per heavy atom. The van der Waals surface area contributed by atoms with E-state index in [1.807, 2.05) is 30.3 Å². The number of methoxy groups -OCH3 is 2. The molecule has 1 aliphatic heterocycles. The quantitative estimate of drug-likeness (QED) is 0.0972. The second-order valence-corrected chi connectivity index (χ2v) is 14.5. The summed E-state index contributed by atoms with van der Waals surface area (Å²) in [6.07, 6.45) is -0.236. The molecule has 0 saturated carbocycles. The van der Waals surface area contributed by atoms with E-state index in [1.54, 1.807) is 67.4 Å². The van der Waals surface area contributed by atoms with Gasteiger partial charge in [-0.2, -0.15) is 0 Å². The first-order chi connectivity index (χ1) is 28.6. The third-order valence-electron chi connectivity index (χ3n) is 11.1. The van der Waals surface area contributed by atoms with Gasteiger partial charge in [-0.3, -0.25) is 14.4 Å². The van der Waals surface area contributed by atoms with Crippen LogP contribution in [0.4, 0.5) is 16.2 Å². The van der Waals surface area contributed by atoms with Crippen LogP contribution in [-0.2, 0) is 30.4 Å². The van der Waals surface area contributed by atoms with Gasteiger partial charge in [0.1, 0.15) is 18.4 Å². The minimum absolute atomic E-state index is 0.0218. The number of hydrogen-bond donors (Lipinski definition) is 3. The van der Waals surface area contributed by atoms with Crippen LogP contribution in [0.5, 0.6) is 5.75 Å². The summed E-state index contributed by atoms with van der Waals surface area (Å²) in [6.45, 7) is 1.93. The van der Waals surface area contributed by atoms with E-state index >= 15 is 0 Å². The van der Waals surface area contributed by atoms with Crippen LogP contribution in [0.2, 0.25) is 0 Å². The SMILES string of the molecule is CNC(C)C(=O)N[C@H]1CN(C(=O)CCCNC(=O)OCC2c3ccccc3-c3ccccc32)c2ccccc2N(Cc2c(OC)ccc3cc(C(=O)OC)ccc23)C1=O. The lowest BCUT2D eigenvalue weighted by molar-refractivity contribution is -0.128. The molecule has 4 amide bonds. The van der Waals surface area contributed by atoms with Gasteiger partial charge in [0, 0.05) is 24.4 Å². The molecule has 0 aromatic heterocycles. The van der Waals surface area contributed by atoms with E-state index < -0.39 is 36.0 Å². The molecule has 1 unspecified atom stereocenters. The zero-order valence-corrected chi connectivity index (χ0v) is 33.5. The number of carbonyl (C=O) groups excluding carboxylic acids is 5. The highest BCUT2D eigenvalue weighted by atomic mass is 16.5. The number of rotatable bonds is 13. The normalized spacial score (nSPS) is 15.1. The van der Waals surface area contributed by atoms with Crippen LogP contribution >= 0.6 is 0 Å². The van der Waals surface area contributed by atoms with Crippen molar-refractivity contribution in [3.8, 4) is 16.9 Å². The predicted octanol–water partition coefficient (Wildman–Crippen LogP) is 5.93. The van der Waals surface area contributed by atoms with Crippen molar-refractivity contribution in [2.45, 2.75) is 44.3 Å². The van der Waals surface area contributed by atoms with Crippen molar-refractivity contribution in [1.29, 1.82) is 0 Å². The topological polar surface area (TPSA) is 156 Å². The minimum atomic E-state index is -1.11. The maximum absolute atomic E-state index is 14.7. The Labute approximate surface area is 342 Å². The Balaban J connectivity index is 1.09. The molecule has 2 atom stereocenters. The summed E-state index contributed by atoms with van der Waals surface area (Å²) in [5.74, 6) is -1.17. The fourth-order valence-electron chi connectivity index (χ4n) is 7.87. The predicted molar refractivity (Wildman–Crippen MR) is 225 cm³/mol. The van der Waals surface area contributed by atoms with Crippen LogP contribution in [0.1, 0.15) is 52.7 Å². The first-order valence-electron chi connectivity index (χ1n) is 19.6. The number of nitrogens with zero attached hydrogens (tertiary/aromatic N) is 2. The van der Waals surface area contributed by atoms with Crippen LogP contribution in [0.15, 0.2) is 103 Å². The molecule has 1 heterocycles. The van der Waals surface area contributed by atoms with Gasteiger partial charge >= 0.3 is 12.1 Å². The molecule has 59 heavy (non-hydrogen) atoms. The average Bonchev–Trinajstić information content (AvgIpc) is 3.53. The fourth-order valence-corrected chi connectivity index (χ4v) is 7.87. The second kappa shape index (κ2) is 17.8. The molecule has 3 N–H and O–H groups in total. The van der Waals surface area contributed by atoms with Gasteiger partial charge in [0.2, 0.25) is 11.8 Å². The number of likely N-dealkylation sites (N-methyl/N-ethyl adjacent to an activating group) is 1. The Bertz CT molecular complexity index is 2370. The summed E-state index contributed by atoms with van der Waals surface area (Å²) in [4.78, 5) is 70.4. The highest BCUT2D eigenvalue weighted by Gasteiger charge is 2.38. The van der Waals surface area contributed by atoms with Crippen molar-refractivity contribution in [3.63, 3.8) is 0 Å². The van der Waals surface area contributed by atoms with Crippen LogP contribution < -0.4 is 30.5 Å². The summed E-state index contributed by atoms with van der Waals surface area (Å²) >= 11 is 0. The number of nitrogens with one attached hydrogen (secondary N) is 3. The van der Waals surface area contributed by atoms with Gasteiger partial charge in [0.05, 0.1) is 50.3 Å². The highest BCUT2D eigenvalue weighted by Crippen LogP contribution is 2.44. The van der Waals surface area contributed by atoms with Gasteiger partial charge in [-0.25, -0.2) is 9.59 Å². The average molecular weight is 798 g/mol. The van der Waals surface area contributed by atoms with Crippen molar-refractivity contribution in [2.24, 2.45) is 0 Å². The van der Waals surface area contributed by atoms with Gasteiger partial charge < -0.3 is 40.0 Å². The number of amides is 4. The first kappa shape index (κ1) is 40.5. The minimum Gasteiger partial charge on any atom is -0.496 e. The summed E-state index contributed by atoms with van der Waals surface area (Å²) in [7, 11) is 4.50. The number of carbonyl (C=O) groups is 5. The molecule has 0 bridgehead atoms. The Hall–Kier alpha value is -6.73. The van der Waals surface area contributed by atoms with Crippen LogP contribution in [0.25, 0.3) is 21.9 Å². The lowest BCUT2D eigenvalue weighted by atomic mass is 9.98. The van der Waals surface area contributed by atoms with Crippen molar-refractivity contribution >= 4 is 51.9 Å². The Kier molecular flexibility index (Phi) is 12.2. The van der Waals surface area contributed by atoms with Crippen molar-refractivity contribution in [1.82, 2.24) is 16.0 Å². The van der Waals surface area contributed by atoms with Crippen LogP contribution in [0.3, 0.4) is 0 Å². The largest absolute Gasteiger partial charge is 0.496 e. The second-order valence-electron chi connectivity index (χ2n) is 14.5. The smallest absolute Gasteiger partial charge is 0.407 e. The molecular weight excluding hydrogens is 751 g/mol. The number of fused-ring (bicyclic) bond motifs is 5. The van der Waals surface area contributed by atoms with E-state index in [-0.39, 0.29) is 44.5 Å². The van der Waals surface area contributed by atoms with Crippen LogP contribution in [0, 0.1) is 0 Å². The monoisotopic (exact) mass is 797 g/mol. The molecule has 13 heteroatoms. The first-order valence-corrected chi connectivity index (χ1v) is 19.6. The standard InChI is InChI=1S/C46H47N5O8/c1-28(47-2)43(53)49-38-26-50(42(52)18-11-23-48-46(56)59-27-37-34-14-7-5-12-32(34)33-13-6-8-15-35(33)37)39-16-9-10-17-40(39)51(44(38)54)25-36-31-21-19-30(45(55)58-4)24-29(31)20-22-41(36)57-3/h5-10,12-17,19-22,24,28,37-38,47H,11,18,23,25-27H2,1-4H3,(H,48,56)(H,49,53)/t28?,38-/m0/s1. The number of benzene rings is 5. The zero-order valence-electron chi connectivity index (χ0n) is 33.5.